The third kappa shape index (κ3) is 2.07. The number of nitrogens with zero attached hydrogens (tertiary/aromatic N) is 5. The third-order valence-electron chi connectivity index (χ3n) is 3.08. The van der Waals surface area contributed by atoms with Crippen LogP contribution in [0.15, 0.2) is 23.0 Å². The van der Waals surface area contributed by atoms with Crippen LogP contribution in [0.25, 0.3) is 15.5 Å². The molecule has 2 aromatic heterocycles. The van der Waals surface area contributed by atoms with E-state index in [1.165, 1.54) is 10.6 Å². The van der Waals surface area contributed by atoms with E-state index in [0.717, 1.165) is 11.3 Å². The molecule has 21 heavy (non-hydrogen) atoms. The molecule has 9 heteroatoms. The zero-order chi connectivity index (χ0) is 15.1. The molecule has 0 spiro atoms. The van der Waals surface area contributed by atoms with Gasteiger partial charge in [0.1, 0.15) is 10.7 Å². The summed E-state index contributed by atoms with van der Waals surface area (Å²) in [6, 6.07) is 4.75. The number of benzene rings is 1. The molecule has 2 heterocycles. The van der Waals surface area contributed by atoms with Gasteiger partial charge in [0.15, 0.2) is 0 Å². The molecule has 0 aliphatic rings. The van der Waals surface area contributed by atoms with E-state index in [4.69, 9.17) is 0 Å². The SMILES string of the molecule is Cc1c(-c2nn3c(=O)c(C)nnc3s2)cccc1[N+](=O)[O-]. The summed E-state index contributed by atoms with van der Waals surface area (Å²) in [6.45, 7) is 3.21. The number of aryl methyl sites for hydroxylation is 1. The van der Waals surface area contributed by atoms with Crippen molar-refractivity contribution in [2.45, 2.75) is 13.8 Å². The molecule has 0 fully saturated rings. The molecule has 0 amide bonds. The van der Waals surface area contributed by atoms with Gasteiger partial charge in [-0.1, -0.05) is 23.5 Å². The zero-order valence-electron chi connectivity index (χ0n) is 11.1. The maximum Gasteiger partial charge on any atom is 0.296 e. The van der Waals surface area contributed by atoms with Crippen molar-refractivity contribution < 1.29 is 4.92 Å². The van der Waals surface area contributed by atoms with Crippen LogP contribution in [-0.2, 0) is 0 Å². The van der Waals surface area contributed by atoms with Crippen LogP contribution in [0.4, 0.5) is 5.69 Å². The molecule has 8 nitrogen and oxygen atoms in total. The molecule has 0 N–H and O–H groups in total. The van der Waals surface area contributed by atoms with Gasteiger partial charge in [-0.2, -0.15) is 9.61 Å². The molecular formula is C12H9N5O3S. The molecule has 0 atom stereocenters. The monoisotopic (exact) mass is 303 g/mol. The lowest BCUT2D eigenvalue weighted by atomic mass is 10.1. The molecule has 106 valence electrons. The van der Waals surface area contributed by atoms with E-state index in [1.54, 1.807) is 26.0 Å². The van der Waals surface area contributed by atoms with Crippen molar-refractivity contribution in [2.75, 3.05) is 0 Å². The van der Waals surface area contributed by atoms with Crippen LogP contribution in [-0.4, -0.2) is 24.7 Å². The number of nitro benzene ring substituents is 1. The highest BCUT2D eigenvalue weighted by molar-refractivity contribution is 7.19. The van der Waals surface area contributed by atoms with Crippen LogP contribution in [0.1, 0.15) is 11.3 Å². The van der Waals surface area contributed by atoms with Crippen molar-refractivity contribution in [2.24, 2.45) is 0 Å². The molecular weight excluding hydrogens is 294 g/mol. The summed E-state index contributed by atoms with van der Waals surface area (Å²) in [7, 11) is 0. The first kappa shape index (κ1) is 13.3. The first-order valence-corrected chi connectivity index (χ1v) is 6.78. The lowest BCUT2D eigenvalue weighted by Gasteiger charge is -2.01. The summed E-state index contributed by atoms with van der Waals surface area (Å²) < 4.78 is 1.17. The van der Waals surface area contributed by atoms with E-state index in [2.05, 4.69) is 15.3 Å². The second-order valence-corrected chi connectivity index (χ2v) is 5.35. The molecule has 3 rings (SSSR count). The van der Waals surface area contributed by atoms with Crippen molar-refractivity contribution >= 4 is 22.0 Å². The first-order valence-electron chi connectivity index (χ1n) is 5.96. The van der Waals surface area contributed by atoms with Gasteiger partial charge >= 0.3 is 0 Å². The smallest absolute Gasteiger partial charge is 0.265 e. The Labute approximate surface area is 121 Å². The minimum atomic E-state index is -0.442. The minimum Gasteiger partial charge on any atom is -0.265 e. The van der Waals surface area contributed by atoms with E-state index in [9.17, 15) is 14.9 Å². The first-order chi connectivity index (χ1) is 9.99. The van der Waals surface area contributed by atoms with Gasteiger partial charge in [0.2, 0.25) is 4.96 Å². The molecule has 0 saturated heterocycles. The fourth-order valence-corrected chi connectivity index (χ4v) is 2.87. The van der Waals surface area contributed by atoms with Gasteiger partial charge in [0.25, 0.3) is 11.2 Å². The van der Waals surface area contributed by atoms with Gasteiger partial charge in [-0.25, -0.2) is 0 Å². The Morgan fingerprint density at radius 3 is 2.76 bits per heavy atom. The number of rotatable bonds is 2. The predicted molar refractivity (Wildman–Crippen MR) is 76.5 cm³/mol. The van der Waals surface area contributed by atoms with Crippen LogP contribution < -0.4 is 5.56 Å². The average molecular weight is 303 g/mol. The molecule has 0 unspecified atom stereocenters. The lowest BCUT2D eigenvalue weighted by molar-refractivity contribution is -0.385. The molecule has 0 saturated carbocycles. The Balaban J connectivity index is 2.27. The summed E-state index contributed by atoms with van der Waals surface area (Å²) in [5.74, 6) is 0. The van der Waals surface area contributed by atoms with Crippen LogP contribution in [0.5, 0.6) is 0 Å². The normalized spacial score (nSPS) is 11.0. The van der Waals surface area contributed by atoms with Gasteiger partial charge in [-0.05, 0) is 13.8 Å². The summed E-state index contributed by atoms with van der Waals surface area (Å²) in [5, 5.41) is 23.4. The number of nitro groups is 1. The Morgan fingerprint density at radius 1 is 1.29 bits per heavy atom. The Morgan fingerprint density at radius 2 is 2.05 bits per heavy atom. The Bertz CT molecular complexity index is 930. The van der Waals surface area contributed by atoms with Gasteiger partial charge in [0.05, 0.1) is 4.92 Å². The van der Waals surface area contributed by atoms with E-state index in [1.807, 2.05) is 0 Å². The average Bonchev–Trinajstić information content (AvgIpc) is 2.87. The Hall–Kier alpha value is -2.68. The highest BCUT2D eigenvalue weighted by atomic mass is 32.1. The number of hydrogen-bond acceptors (Lipinski definition) is 7. The fourth-order valence-electron chi connectivity index (χ4n) is 1.95. The highest BCUT2D eigenvalue weighted by Crippen LogP contribution is 2.31. The van der Waals surface area contributed by atoms with Crippen molar-refractivity contribution in [3.63, 3.8) is 0 Å². The van der Waals surface area contributed by atoms with Crippen LogP contribution >= 0.6 is 11.3 Å². The highest BCUT2D eigenvalue weighted by Gasteiger charge is 2.18. The quantitative estimate of drug-likeness (QED) is 0.527. The van der Waals surface area contributed by atoms with Crippen molar-refractivity contribution in [1.29, 1.82) is 0 Å². The van der Waals surface area contributed by atoms with Crippen LogP contribution in [0.3, 0.4) is 0 Å². The van der Waals surface area contributed by atoms with Crippen LogP contribution in [0.2, 0.25) is 0 Å². The molecule has 0 aliphatic carbocycles. The number of aromatic nitrogens is 4. The molecule has 0 bridgehead atoms. The van der Waals surface area contributed by atoms with Gasteiger partial charge < -0.3 is 0 Å². The second-order valence-electron chi connectivity index (χ2n) is 4.40. The van der Waals surface area contributed by atoms with Crippen molar-refractivity contribution in [1.82, 2.24) is 19.8 Å². The zero-order valence-corrected chi connectivity index (χ0v) is 11.9. The largest absolute Gasteiger partial charge is 0.296 e. The maximum atomic E-state index is 11.9. The summed E-state index contributed by atoms with van der Waals surface area (Å²) >= 11 is 1.16. The van der Waals surface area contributed by atoms with Gasteiger partial charge in [0, 0.05) is 17.2 Å². The van der Waals surface area contributed by atoms with Crippen LogP contribution in [0, 0.1) is 24.0 Å². The topological polar surface area (TPSA) is 103 Å². The van der Waals surface area contributed by atoms with E-state index in [-0.39, 0.29) is 16.9 Å². The molecule has 0 aliphatic heterocycles. The van der Waals surface area contributed by atoms with Gasteiger partial charge in [-0.3, -0.25) is 14.9 Å². The number of fused-ring (bicyclic) bond motifs is 1. The summed E-state index contributed by atoms with van der Waals surface area (Å²) in [6.07, 6.45) is 0. The minimum absolute atomic E-state index is 0.0152. The molecule has 1 aromatic carbocycles. The van der Waals surface area contributed by atoms with E-state index < -0.39 is 4.92 Å². The standard InChI is InChI=1S/C12H9N5O3S/c1-6-8(4-3-5-9(6)17(19)20)10-15-16-11(18)7(2)13-14-12(16)21-10/h3-5H,1-2H3. The fraction of sp³-hybridized carbons (Fsp3) is 0.167. The van der Waals surface area contributed by atoms with Crippen molar-refractivity contribution in [3.05, 3.63) is 49.9 Å². The lowest BCUT2D eigenvalue weighted by Crippen LogP contribution is -2.19. The summed E-state index contributed by atoms with van der Waals surface area (Å²) in [5.41, 5.74) is 1.03. The molecule has 3 aromatic rings. The van der Waals surface area contributed by atoms with Gasteiger partial charge in [-0.15, -0.1) is 10.2 Å². The third-order valence-corrected chi connectivity index (χ3v) is 4.01. The maximum absolute atomic E-state index is 11.9. The molecule has 0 radical (unpaired) electrons. The Kier molecular flexibility index (Phi) is 2.98. The number of hydrogen-bond donors (Lipinski definition) is 0. The van der Waals surface area contributed by atoms with E-state index in [0.29, 0.717) is 21.1 Å². The van der Waals surface area contributed by atoms with Crippen molar-refractivity contribution in [3.8, 4) is 10.6 Å². The predicted octanol–water partition coefficient (Wildman–Crippen LogP) is 1.74. The summed E-state index contributed by atoms with van der Waals surface area (Å²) in [4.78, 5) is 22.8. The second kappa shape index (κ2) is 4.70. The van der Waals surface area contributed by atoms with E-state index >= 15 is 0 Å².